The number of aromatic nitrogens is 1. The summed E-state index contributed by atoms with van der Waals surface area (Å²) in [6, 6.07) is 5.08. The van der Waals surface area contributed by atoms with Gasteiger partial charge in [-0.2, -0.15) is 5.26 Å². The van der Waals surface area contributed by atoms with Gasteiger partial charge in [-0.1, -0.05) is 11.8 Å². The van der Waals surface area contributed by atoms with Crippen LogP contribution in [0.3, 0.4) is 0 Å². The Morgan fingerprint density at radius 3 is 2.66 bits per heavy atom. The SMILES string of the molecule is Cn1cc(S(N)(=O)=O)c(OCCCC#CC(C)(C)F)c1C(=O)Nc1ccc(F)c(C#N)c1. The number of nitrogens with one attached hydrogen (secondary N) is 1. The number of amides is 1. The van der Waals surface area contributed by atoms with Crippen LogP contribution in [-0.4, -0.2) is 31.2 Å². The molecule has 11 heteroatoms. The molecule has 1 aromatic carbocycles. The summed E-state index contributed by atoms with van der Waals surface area (Å²) in [4.78, 5) is 12.4. The summed E-state index contributed by atoms with van der Waals surface area (Å²) < 4.78 is 57.6. The zero-order valence-corrected chi connectivity index (χ0v) is 18.5. The lowest BCUT2D eigenvalue weighted by atomic mass is 10.2. The smallest absolute Gasteiger partial charge is 0.276 e. The van der Waals surface area contributed by atoms with Gasteiger partial charge in [0.2, 0.25) is 10.0 Å². The molecule has 8 nitrogen and oxygen atoms in total. The van der Waals surface area contributed by atoms with Gasteiger partial charge in [-0.15, -0.1) is 0 Å². The van der Waals surface area contributed by atoms with Gasteiger partial charge in [0, 0.05) is 25.4 Å². The number of unbranched alkanes of at least 4 members (excludes halogenated alkanes) is 1. The summed E-state index contributed by atoms with van der Waals surface area (Å²) in [6.45, 7) is 2.64. The third-order valence-electron chi connectivity index (χ3n) is 4.05. The lowest BCUT2D eigenvalue weighted by Gasteiger charge is -2.11. The summed E-state index contributed by atoms with van der Waals surface area (Å²) in [7, 11) is -2.79. The standard InChI is InChI=1S/C21H22F2N4O4S/c1-21(2,23)9-5-4-6-10-31-19-17(32(25,29)30)13-27(3)18(19)20(28)26-15-7-8-16(22)14(11-15)12-24/h7-8,11,13H,4,6,10H2,1-3H3,(H,26,28)(H2,25,29,30). The largest absolute Gasteiger partial charge is 0.490 e. The molecule has 1 heterocycles. The van der Waals surface area contributed by atoms with Gasteiger partial charge in [0.15, 0.2) is 17.1 Å². The Bertz CT molecular complexity index is 1230. The van der Waals surface area contributed by atoms with Crippen LogP contribution in [0.4, 0.5) is 14.5 Å². The van der Waals surface area contributed by atoms with Crippen LogP contribution < -0.4 is 15.2 Å². The van der Waals surface area contributed by atoms with E-state index < -0.39 is 32.3 Å². The second kappa shape index (κ2) is 9.81. The molecule has 0 aliphatic carbocycles. The van der Waals surface area contributed by atoms with Crippen molar-refractivity contribution in [1.29, 1.82) is 5.26 Å². The summed E-state index contributed by atoms with van der Waals surface area (Å²) in [5.74, 6) is 3.32. The van der Waals surface area contributed by atoms with E-state index in [0.29, 0.717) is 12.8 Å². The zero-order chi connectivity index (χ0) is 24.1. The summed E-state index contributed by atoms with van der Waals surface area (Å²) in [5, 5.41) is 16.7. The maximum Gasteiger partial charge on any atom is 0.276 e. The molecule has 32 heavy (non-hydrogen) atoms. The normalized spacial score (nSPS) is 11.3. The predicted octanol–water partition coefficient (Wildman–Crippen LogP) is 2.85. The van der Waals surface area contributed by atoms with Crippen LogP contribution in [0, 0.1) is 29.0 Å². The number of nitriles is 1. The van der Waals surface area contributed by atoms with Crippen LogP contribution in [0.2, 0.25) is 0 Å². The number of aryl methyl sites for hydroxylation is 1. The van der Waals surface area contributed by atoms with E-state index in [1.165, 1.54) is 31.5 Å². The highest BCUT2D eigenvalue weighted by atomic mass is 32.2. The van der Waals surface area contributed by atoms with Crippen LogP contribution in [0.5, 0.6) is 5.75 Å². The molecule has 0 saturated heterocycles. The Kier molecular flexibility index (Phi) is 7.62. The molecule has 0 fully saturated rings. The first-order valence-corrected chi connectivity index (χ1v) is 10.9. The first kappa shape index (κ1) is 24.9. The number of hydrogen-bond donors (Lipinski definition) is 2. The van der Waals surface area contributed by atoms with E-state index in [1.54, 1.807) is 6.07 Å². The topological polar surface area (TPSA) is 127 Å². The van der Waals surface area contributed by atoms with Crippen molar-refractivity contribution in [2.45, 2.75) is 37.3 Å². The quantitative estimate of drug-likeness (QED) is 0.481. The second-order valence-corrected chi connectivity index (χ2v) is 8.84. The van der Waals surface area contributed by atoms with Crippen molar-refractivity contribution in [2.24, 2.45) is 12.2 Å². The number of anilines is 1. The number of nitrogens with zero attached hydrogens (tertiary/aromatic N) is 2. The van der Waals surface area contributed by atoms with Crippen molar-refractivity contribution < 1.29 is 26.7 Å². The van der Waals surface area contributed by atoms with Crippen LogP contribution in [-0.2, 0) is 17.1 Å². The van der Waals surface area contributed by atoms with Crippen molar-refractivity contribution in [3.8, 4) is 23.7 Å². The average molecular weight is 464 g/mol. The van der Waals surface area contributed by atoms with Gasteiger partial charge in [0.1, 0.15) is 16.8 Å². The molecule has 2 rings (SSSR count). The fourth-order valence-electron chi connectivity index (χ4n) is 2.67. The van der Waals surface area contributed by atoms with Crippen molar-refractivity contribution >= 4 is 21.6 Å². The number of sulfonamides is 1. The second-order valence-electron chi connectivity index (χ2n) is 7.31. The number of hydrogen-bond acceptors (Lipinski definition) is 5. The number of halogens is 2. The number of alkyl halides is 1. The number of rotatable bonds is 7. The Balaban J connectivity index is 2.28. The number of benzene rings is 1. The van der Waals surface area contributed by atoms with Gasteiger partial charge in [0.05, 0.1) is 12.2 Å². The first-order valence-electron chi connectivity index (χ1n) is 9.38. The molecule has 2 aromatic rings. The van der Waals surface area contributed by atoms with Gasteiger partial charge in [-0.05, 0) is 38.5 Å². The van der Waals surface area contributed by atoms with E-state index in [9.17, 15) is 22.0 Å². The Morgan fingerprint density at radius 2 is 2.06 bits per heavy atom. The van der Waals surface area contributed by atoms with E-state index in [0.717, 1.165) is 18.3 Å². The third-order valence-corrected chi connectivity index (χ3v) is 4.95. The highest BCUT2D eigenvalue weighted by Crippen LogP contribution is 2.30. The molecule has 0 unspecified atom stereocenters. The van der Waals surface area contributed by atoms with E-state index in [1.807, 2.05) is 0 Å². The molecule has 0 spiro atoms. The molecule has 0 aliphatic rings. The highest BCUT2D eigenvalue weighted by molar-refractivity contribution is 7.89. The summed E-state index contributed by atoms with van der Waals surface area (Å²) in [6.07, 6.45) is 1.77. The molecule has 1 amide bonds. The van der Waals surface area contributed by atoms with E-state index in [-0.39, 0.29) is 29.3 Å². The minimum absolute atomic E-state index is 0.0106. The highest BCUT2D eigenvalue weighted by Gasteiger charge is 2.27. The fraction of sp³-hybridized carbons (Fsp3) is 0.333. The molecule has 0 bridgehead atoms. The van der Waals surface area contributed by atoms with Gasteiger partial charge in [-0.3, -0.25) is 4.79 Å². The molecular weight excluding hydrogens is 442 g/mol. The summed E-state index contributed by atoms with van der Waals surface area (Å²) in [5.41, 5.74) is -1.92. The van der Waals surface area contributed by atoms with E-state index in [2.05, 4.69) is 17.2 Å². The number of ether oxygens (including phenoxy) is 1. The Morgan fingerprint density at radius 1 is 1.38 bits per heavy atom. The molecule has 0 atom stereocenters. The fourth-order valence-corrected chi connectivity index (χ4v) is 3.39. The molecule has 0 aliphatic heterocycles. The predicted molar refractivity (Wildman–Crippen MR) is 114 cm³/mol. The molecule has 1 aromatic heterocycles. The van der Waals surface area contributed by atoms with Crippen molar-refractivity contribution in [3.63, 3.8) is 0 Å². The lowest BCUT2D eigenvalue weighted by Crippen LogP contribution is -2.18. The van der Waals surface area contributed by atoms with Crippen LogP contribution in [0.25, 0.3) is 0 Å². The van der Waals surface area contributed by atoms with Gasteiger partial charge >= 0.3 is 0 Å². The zero-order valence-electron chi connectivity index (χ0n) is 17.7. The minimum Gasteiger partial charge on any atom is -0.490 e. The molecule has 170 valence electrons. The number of primary sulfonamides is 1. The van der Waals surface area contributed by atoms with E-state index >= 15 is 0 Å². The monoisotopic (exact) mass is 464 g/mol. The average Bonchev–Trinajstić information content (AvgIpc) is 3.01. The molecule has 3 N–H and O–H groups in total. The van der Waals surface area contributed by atoms with Crippen molar-refractivity contribution in [3.05, 3.63) is 41.5 Å². The van der Waals surface area contributed by atoms with Gasteiger partial charge < -0.3 is 14.6 Å². The number of carbonyl (C=O) groups excluding carboxylic acids is 1. The molecular formula is C21H22F2N4O4S. The van der Waals surface area contributed by atoms with E-state index in [4.69, 9.17) is 15.1 Å². The molecule has 0 radical (unpaired) electrons. The molecule has 0 saturated carbocycles. The van der Waals surface area contributed by atoms with Crippen LogP contribution in [0.1, 0.15) is 42.7 Å². The maximum atomic E-state index is 13.5. The minimum atomic E-state index is -4.22. The Labute approximate surface area is 185 Å². The van der Waals surface area contributed by atoms with Gasteiger partial charge in [-0.25, -0.2) is 22.3 Å². The lowest BCUT2D eigenvalue weighted by molar-refractivity contribution is 0.101. The maximum absolute atomic E-state index is 13.5. The third kappa shape index (κ3) is 6.54. The van der Waals surface area contributed by atoms with Crippen LogP contribution >= 0.6 is 0 Å². The number of carbonyl (C=O) groups is 1. The van der Waals surface area contributed by atoms with Crippen LogP contribution in [0.15, 0.2) is 29.3 Å². The Hall–Kier alpha value is -3.41. The summed E-state index contributed by atoms with van der Waals surface area (Å²) >= 11 is 0. The first-order chi connectivity index (χ1) is 14.8. The van der Waals surface area contributed by atoms with Crippen molar-refractivity contribution in [1.82, 2.24) is 4.57 Å². The van der Waals surface area contributed by atoms with Gasteiger partial charge in [0.25, 0.3) is 5.91 Å². The van der Waals surface area contributed by atoms with Crippen molar-refractivity contribution in [2.75, 3.05) is 11.9 Å². The number of nitrogens with two attached hydrogens (primary N) is 1.